The van der Waals surface area contributed by atoms with Crippen LogP contribution in [-0.2, 0) is 9.59 Å². The van der Waals surface area contributed by atoms with Crippen LogP contribution in [0.25, 0.3) is 10.9 Å². The van der Waals surface area contributed by atoms with Gasteiger partial charge in [0.2, 0.25) is 11.8 Å². The first-order valence-corrected chi connectivity index (χ1v) is 11.5. The summed E-state index contributed by atoms with van der Waals surface area (Å²) in [6, 6.07) is 18.2. The molecule has 7 nitrogen and oxygen atoms in total. The summed E-state index contributed by atoms with van der Waals surface area (Å²) in [5, 5.41) is 3.83. The van der Waals surface area contributed by atoms with Gasteiger partial charge in [-0.1, -0.05) is 36.4 Å². The van der Waals surface area contributed by atoms with E-state index in [0.29, 0.717) is 18.7 Å². The van der Waals surface area contributed by atoms with Gasteiger partial charge < -0.3 is 20.1 Å². The third kappa shape index (κ3) is 5.08. The molecule has 0 spiro atoms. The molecule has 172 valence electrons. The van der Waals surface area contributed by atoms with Gasteiger partial charge in [-0.05, 0) is 57.4 Å². The monoisotopic (exact) mass is 446 g/mol. The first kappa shape index (κ1) is 22.6. The molecule has 1 aliphatic heterocycles. The molecule has 0 aliphatic carbocycles. The molecule has 0 bridgehead atoms. The Morgan fingerprint density at radius 1 is 1.09 bits per heavy atom. The van der Waals surface area contributed by atoms with Crippen molar-refractivity contribution in [3.63, 3.8) is 0 Å². The standard InChI is InChI=1S/C26H30N4O3/c1-18(2)30(20-11-4-3-5-12-20)24(31)17-29-15-9-8-14-22(26(29)33)28-25(32)23-16-19-10-6-7-13-21(19)27-23/h3-7,10-13,16,18,22,27H,8-9,14-15,17H2,1-2H3,(H,28,32)/t22-/m0/s1. The molecule has 3 amide bonds. The van der Waals surface area contributed by atoms with Gasteiger partial charge in [0.25, 0.3) is 5.91 Å². The van der Waals surface area contributed by atoms with Gasteiger partial charge in [-0.3, -0.25) is 14.4 Å². The largest absolute Gasteiger partial charge is 0.351 e. The molecule has 2 heterocycles. The minimum atomic E-state index is -0.650. The zero-order valence-electron chi connectivity index (χ0n) is 19.1. The van der Waals surface area contributed by atoms with Crippen LogP contribution >= 0.6 is 0 Å². The third-order valence-electron chi connectivity index (χ3n) is 6.01. The number of carbonyl (C=O) groups is 3. The molecule has 7 heteroatoms. The van der Waals surface area contributed by atoms with Gasteiger partial charge in [-0.25, -0.2) is 0 Å². The number of rotatable bonds is 6. The van der Waals surface area contributed by atoms with E-state index in [1.165, 1.54) is 0 Å². The maximum absolute atomic E-state index is 13.3. The van der Waals surface area contributed by atoms with Gasteiger partial charge in [-0.2, -0.15) is 0 Å². The van der Waals surface area contributed by atoms with Gasteiger partial charge in [0, 0.05) is 29.2 Å². The Hall–Kier alpha value is -3.61. The van der Waals surface area contributed by atoms with Crippen molar-refractivity contribution in [2.45, 2.75) is 45.2 Å². The minimum Gasteiger partial charge on any atom is -0.351 e. The summed E-state index contributed by atoms with van der Waals surface area (Å²) in [5.74, 6) is -0.653. The maximum atomic E-state index is 13.3. The van der Waals surface area contributed by atoms with Crippen molar-refractivity contribution in [2.75, 3.05) is 18.0 Å². The van der Waals surface area contributed by atoms with Crippen LogP contribution in [-0.4, -0.2) is 52.8 Å². The predicted molar refractivity (Wildman–Crippen MR) is 129 cm³/mol. The topological polar surface area (TPSA) is 85.5 Å². The van der Waals surface area contributed by atoms with Gasteiger partial charge in [0.05, 0.1) is 0 Å². The number of nitrogens with one attached hydrogen (secondary N) is 2. The molecule has 1 fully saturated rings. The lowest BCUT2D eigenvalue weighted by Gasteiger charge is -2.31. The number of aromatic nitrogens is 1. The minimum absolute atomic E-state index is 0.00926. The van der Waals surface area contributed by atoms with Gasteiger partial charge in [0.1, 0.15) is 18.3 Å². The second kappa shape index (κ2) is 9.90. The highest BCUT2D eigenvalue weighted by Gasteiger charge is 2.31. The van der Waals surface area contributed by atoms with E-state index in [-0.39, 0.29) is 30.3 Å². The number of carbonyl (C=O) groups excluding carboxylic acids is 3. The van der Waals surface area contributed by atoms with E-state index in [4.69, 9.17) is 0 Å². The van der Waals surface area contributed by atoms with Gasteiger partial charge in [-0.15, -0.1) is 0 Å². The zero-order valence-corrected chi connectivity index (χ0v) is 19.1. The van der Waals surface area contributed by atoms with Crippen LogP contribution in [0.1, 0.15) is 43.6 Å². The normalized spacial score (nSPS) is 16.6. The summed E-state index contributed by atoms with van der Waals surface area (Å²) < 4.78 is 0. The van der Waals surface area contributed by atoms with Crippen molar-refractivity contribution in [1.29, 1.82) is 0 Å². The SMILES string of the molecule is CC(C)N(C(=O)CN1CCCC[C@H](NC(=O)c2cc3ccccc3[nH]2)C1=O)c1ccccc1. The number of anilines is 1. The van der Waals surface area contributed by atoms with E-state index in [2.05, 4.69) is 10.3 Å². The molecule has 1 saturated heterocycles. The van der Waals surface area contributed by atoms with Crippen molar-refractivity contribution < 1.29 is 14.4 Å². The second-order valence-electron chi connectivity index (χ2n) is 8.74. The molecule has 1 atom stereocenters. The van der Waals surface area contributed by atoms with Crippen molar-refractivity contribution >= 4 is 34.3 Å². The number of nitrogens with zero attached hydrogens (tertiary/aromatic N) is 2. The Bertz CT molecular complexity index is 1110. The lowest BCUT2D eigenvalue weighted by molar-refractivity contribution is -0.136. The van der Waals surface area contributed by atoms with E-state index in [1.807, 2.05) is 68.4 Å². The number of hydrogen-bond acceptors (Lipinski definition) is 3. The lowest BCUT2D eigenvalue weighted by atomic mass is 10.1. The molecule has 2 N–H and O–H groups in total. The Morgan fingerprint density at radius 2 is 1.82 bits per heavy atom. The number of likely N-dealkylation sites (tertiary alicyclic amines) is 1. The maximum Gasteiger partial charge on any atom is 0.268 e. The molecule has 0 saturated carbocycles. The number of fused-ring (bicyclic) bond motifs is 1. The first-order chi connectivity index (χ1) is 15.9. The summed E-state index contributed by atoms with van der Waals surface area (Å²) in [7, 11) is 0. The van der Waals surface area contributed by atoms with E-state index >= 15 is 0 Å². The number of aromatic amines is 1. The quantitative estimate of drug-likeness (QED) is 0.605. The molecule has 2 aromatic carbocycles. The van der Waals surface area contributed by atoms with Crippen LogP contribution in [0.4, 0.5) is 5.69 Å². The third-order valence-corrected chi connectivity index (χ3v) is 6.01. The summed E-state index contributed by atoms with van der Waals surface area (Å²) in [6.45, 7) is 4.41. The predicted octanol–water partition coefficient (Wildman–Crippen LogP) is 3.72. The molecule has 1 aromatic heterocycles. The van der Waals surface area contributed by atoms with Crippen molar-refractivity contribution in [2.24, 2.45) is 0 Å². The van der Waals surface area contributed by atoms with Crippen LogP contribution in [0.2, 0.25) is 0 Å². The van der Waals surface area contributed by atoms with E-state index in [0.717, 1.165) is 29.4 Å². The number of hydrogen-bond donors (Lipinski definition) is 2. The Balaban J connectivity index is 1.46. The highest BCUT2D eigenvalue weighted by molar-refractivity contribution is 6.01. The number of H-pyrrole nitrogens is 1. The van der Waals surface area contributed by atoms with Gasteiger partial charge in [0.15, 0.2) is 0 Å². The molecule has 1 aliphatic rings. The molecule has 0 unspecified atom stereocenters. The van der Waals surface area contributed by atoms with Crippen molar-refractivity contribution in [3.05, 3.63) is 66.4 Å². The van der Waals surface area contributed by atoms with Gasteiger partial charge >= 0.3 is 0 Å². The highest BCUT2D eigenvalue weighted by Crippen LogP contribution is 2.19. The molecular weight excluding hydrogens is 416 g/mol. The van der Waals surface area contributed by atoms with Crippen molar-refractivity contribution in [1.82, 2.24) is 15.2 Å². The fourth-order valence-corrected chi connectivity index (χ4v) is 4.39. The Morgan fingerprint density at radius 3 is 2.55 bits per heavy atom. The molecular formula is C26H30N4O3. The smallest absolute Gasteiger partial charge is 0.268 e. The van der Waals surface area contributed by atoms with E-state index in [1.54, 1.807) is 15.9 Å². The summed E-state index contributed by atoms with van der Waals surface area (Å²) in [6.07, 6.45) is 2.16. The number of benzene rings is 2. The summed E-state index contributed by atoms with van der Waals surface area (Å²) in [5.41, 5.74) is 2.10. The number of para-hydroxylation sites is 2. The molecule has 33 heavy (non-hydrogen) atoms. The molecule has 0 radical (unpaired) electrons. The highest BCUT2D eigenvalue weighted by atomic mass is 16.2. The Kier molecular flexibility index (Phi) is 6.77. The van der Waals surface area contributed by atoms with Crippen LogP contribution < -0.4 is 10.2 Å². The average Bonchev–Trinajstić information content (AvgIpc) is 3.17. The van der Waals surface area contributed by atoms with E-state index < -0.39 is 6.04 Å². The van der Waals surface area contributed by atoms with Crippen LogP contribution in [0.15, 0.2) is 60.7 Å². The van der Waals surface area contributed by atoms with E-state index in [9.17, 15) is 14.4 Å². The molecule has 4 rings (SSSR count). The molecule has 3 aromatic rings. The summed E-state index contributed by atoms with van der Waals surface area (Å²) >= 11 is 0. The van der Waals surface area contributed by atoms with Crippen molar-refractivity contribution in [3.8, 4) is 0 Å². The van der Waals surface area contributed by atoms with Crippen LogP contribution in [0.3, 0.4) is 0 Å². The average molecular weight is 447 g/mol. The fourth-order valence-electron chi connectivity index (χ4n) is 4.39. The second-order valence-corrected chi connectivity index (χ2v) is 8.74. The fraction of sp³-hybridized carbons (Fsp3) is 0.346. The zero-order chi connectivity index (χ0) is 23.4. The Labute approximate surface area is 193 Å². The lowest BCUT2D eigenvalue weighted by Crippen LogP contribution is -2.51. The first-order valence-electron chi connectivity index (χ1n) is 11.5. The van der Waals surface area contributed by atoms with Crippen LogP contribution in [0, 0.1) is 0 Å². The number of amides is 3. The summed E-state index contributed by atoms with van der Waals surface area (Å²) in [4.78, 5) is 45.8. The van der Waals surface area contributed by atoms with Crippen LogP contribution in [0.5, 0.6) is 0 Å².